The van der Waals surface area contributed by atoms with Crippen LogP contribution in [0.3, 0.4) is 0 Å². The molecule has 0 spiro atoms. The number of benzene rings is 2. The van der Waals surface area contributed by atoms with Crippen LogP contribution in [0.4, 0.5) is 5.13 Å². The van der Waals surface area contributed by atoms with Gasteiger partial charge < -0.3 is 0 Å². The van der Waals surface area contributed by atoms with Gasteiger partial charge in [0.05, 0.1) is 10.2 Å². The third-order valence-electron chi connectivity index (χ3n) is 4.21. The highest BCUT2D eigenvalue weighted by molar-refractivity contribution is 7.22. The molecule has 0 aliphatic rings. The van der Waals surface area contributed by atoms with Gasteiger partial charge in [0.2, 0.25) is 0 Å². The Balaban J connectivity index is 1.96. The first-order valence-electron chi connectivity index (χ1n) is 7.62. The minimum Gasteiger partial charge on any atom is -0.298 e. The van der Waals surface area contributed by atoms with Gasteiger partial charge in [0.15, 0.2) is 5.13 Å². The third-order valence-corrected chi connectivity index (χ3v) is 5.15. The van der Waals surface area contributed by atoms with Crippen molar-refractivity contribution in [3.8, 4) is 0 Å². The maximum absolute atomic E-state index is 12.7. The summed E-state index contributed by atoms with van der Waals surface area (Å²) in [5.74, 6) is -0.0894. The number of nitrogens with one attached hydrogen (secondary N) is 1. The SMILES string of the molecule is Cc1cc(C)c(C(=O)Nc2nc3c(C)c(C)ccc3s2)c(C)c1. The van der Waals surface area contributed by atoms with Crippen LogP contribution in [0.2, 0.25) is 0 Å². The van der Waals surface area contributed by atoms with E-state index in [1.165, 1.54) is 28.0 Å². The Morgan fingerprint density at radius 2 is 1.65 bits per heavy atom. The van der Waals surface area contributed by atoms with E-state index in [1.807, 2.05) is 32.9 Å². The normalized spacial score (nSPS) is 11.0. The zero-order chi connectivity index (χ0) is 16.7. The van der Waals surface area contributed by atoms with E-state index < -0.39 is 0 Å². The van der Waals surface area contributed by atoms with Crippen LogP contribution in [0.25, 0.3) is 10.2 Å². The molecule has 1 aromatic heterocycles. The fraction of sp³-hybridized carbons (Fsp3) is 0.263. The Morgan fingerprint density at radius 1 is 1.00 bits per heavy atom. The lowest BCUT2D eigenvalue weighted by atomic mass is 9.99. The number of nitrogens with zero attached hydrogens (tertiary/aromatic N) is 1. The minimum absolute atomic E-state index is 0.0894. The van der Waals surface area contributed by atoms with Gasteiger partial charge in [-0.3, -0.25) is 10.1 Å². The van der Waals surface area contributed by atoms with Gasteiger partial charge in [0.25, 0.3) is 5.91 Å². The van der Waals surface area contributed by atoms with E-state index in [9.17, 15) is 4.79 Å². The third kappa shape index (κ3) is 2.86. The second kappa shape index (κ2) is 5.78. The number of aromatic nitrogens is 1. The quantitative estimate of drug-likeness (QED) is 0.713. The van der Waals surface area contributed by atoms with Crippen molar-refractivity contribution >= 4 is 32.6 Å². The Hall–Kier alpha value is -2.20. The van der Waals surface area contributed by atoms with Gasteiger partial charge in [-0.25, -0.2) is 4.98 Å². The van der Waals surface area contributed by atoms with Crippen molar-refractivity contribution in [2.24, 2.45) is 0 Å². The average molecular weight is 324 g/mol. The van der Waals surface area contributed by atoms with Crippen molar-refractivity contribution in [3.05, 3.63) is 57.6 Å². The number of anilines is 1. The lowest BCUT2D eigenvalue weighted by Gasteiger charge is -2.10. The van der Waals surface area contributed by atoms with Crippen molar-refractivity contribution in [1.29, 1.82) is 0 Å². The molecule has 0 unspecified atom stereocenters. The molecule has 3 aromatic rings. The number of carbonyl (C=O) groups is 1. The van der Waals surface area contributed by atoms with E-state index in [0.717, 1.165) is 26.9 Å². The van der Waals surface area contributed by atoms with E-state index >= 15 is 0 Å². The van der Waals surface area contributed by atoms with Gasteiger partial charge in [-0.05, 0) is 62.9 Å². The number of carbonyl (C=O) groups excluding carboxylic acids is 1. The fourth-order valence-electron chi connectivity index (χ4n) is 2.98. The molecule has 1 amide bonds. The van der Waals surface area contributed by atoms with Crippen molar-refractivity contribution in [1.82, 2.24) is 4.98 Å². The summed E-state index contributed by atoms with van der Waals surface area (Å²) in [6.45, 7) is 10.1. The average Bonchev–Trinajstić information content (AvgIpc) is 2.85. The molecule has 0 fully saturated rings. The van der Waals surface area contributed by atoms with E-state index in [-0.39, 0.29) is 5.91 Å². The maximum Gasteiger partial charge on any atom is 0.257 e. The summed E-state index contributed by atoms with van der Waals surface area (Å²) < 4.78 is 1.10. The highest BCUT2D eigenvalue weighted by atomic mass is 32.1. The zero-order valence-electron chi connectivity index (χ0n) is 14.1. The molecule has 118 valence electrons. The highest BCUT2D eigenvalue weighted by Crippen LogP contribution is 2.30. The molecule has 3 nitrogen and oxygen atoms in total. The first-order valence-corrected chi connectivity index (χ1v) is 8.44. The zero-order valence-corrected chi connectivity index (χ0v) is 14.9. The molecule has 23 heavy (non-hydrogen) atoms. The van der Waals surface area contributed by atoms with Gasteiger partial charge in [0.1, 0.15) is 0 Å². The van der Waals surface area contributed by atoms with Crippen LogP contribution in [-0.2, 0) is 0 Å². The number of hydrogen-bond donors (Lipinski definition) is 1. The monoisotopic (exact) mass is 324 g/mol. The molecular weight excluding hydrogens is 304 g/mol. The standard InChI is InChI=1S/C19H20N2OS/c1-10-8-12(3)16(13(4)9-10)18(22)21-19-20-17-14(5)11(2)6-7-15(17)23-19/h6-9H,1-5H3,(H,20,21,22). The molecule has 0 saturated carbocycles. The van der Waals surface area contributed by atoms with Crippen LogP contribution < -0.4 is 5.32 Å². The second-order valence-corrected chi connectivity index (χ2v) is 7.13. The largest absolute Gasteiger partial charge is 0.298 e. The molecule has 0 bridgehead atoms. The molecule has 2 aromatic carbocycles. The summed E-state index contributed by atoms with van der Waals surface area (Å²) in [6.07, 6.45) is 0. The first kappa shape index (κ1) is 15.7. The number of aryl methyl sites for hydroxylation is 5. The van der Waals surface area contributed by atoms with Crippen LogP contribution in [0, 0.1) is 34.6 Å². The number of rotatable bonds is 2. The van der Waals surface area contributed by atoms with Crippen molar-refractivity contribution in [2.75, 3.05) is 5.32 Å². The van der Waals surface area contributed by atoms with Crippen LogP contribution >= 0.6 is 11.3 Å². The van der Waals surface area contributed by atoms with E-state index in [4.69, 9.17) is 0 Å². The summed E-state index contributed by atoms with van der Waals surface area (Å²) >= 11 is 1.51. The van der Waals surface area contributed by atoms with Crippen LogP contribution in [-0.4, -0.2) is 10.9 Å². The fourth-order valence-corrected chi connectivity index (χ4v) is 3.90. The molecule has 0 atom stereocenters. The number of amides is 1. The summed E-state index contributed by atoms with van der Waals surface area (Å²) in [6, 6.07) is 8.23. The molecule has 1 heterocycles. The molecule has 0 radical (unpaired) electrons. The lowest BCUT2D eigenvalue weighted by Crippen LogP contribution is -2.15. The van der Waals surface area contributed by atoms with Crippen LogP contribution in [0.1, 0.15) is 38.2 Å². The van der Waals surface area contributed by atoms with Crippen LogP contribution in [0.15, 0.2) is 24.3 Å². The molecular formula is C19H20N2OS. The molecule has 3 rings (SSSR count). The summed E-state index contributed by atoms with van der Waals surface area (Å²) in [5.41, 5.74) is 7.25. The number of thiazole rings is 1. The summed E-state index contributed by atoms with van der Waals surface area (Å²) in [5, 5.41) is 3.61. The first-order chi connectivity index (χ1) is 10.9. The smallest absolute Gasteiger partial charge is 0.257 e. The van der Waals surface area contributed by atoms with Crippen molar-refractivity contribution in [2.45, 2.75) is 34.6 Å². The van der Waals surface area contributed by atoms with Crippen molar-refractivity contribution < 1.29 is 4.79 Å². The Morgan fingerprint density at radius 3 is 2.30 bits per heavy atom. The molecule has 0 aliphatic carbocycles. The Kier molecular flexibility index (Phi) is 3.94. The second-order valence-electron chi connectivity index (χ2n) is 6.10. The van der Waals surface area contributed by atoms with Crippen molar-refractivity contribution in [3.63, 3.8) is 0 Å². The predicted molar refractivity (Wildman–Crippen MR) is 97.7 cm³/mol. The summed E-state index contributed by atoms with van der Waals surface area (Å²) in [7, 11) is 0. The van der Waals surface area contributed by atoms with Gasteiger partial charge in [-0.1, -0.05) is 35.1 Å². The predicted octanol–water partition coefficient (Wildman–Crippen LogP) is 5.09. The Labute approximate surface area is 140 Å². The summed E-state index contributed by atoms with van der Waals surface area (Å²) in [4.78, 5) is 17.3. The number of hydrogen-bond acceptors (Lipinski definition) is 3. The van der Waals surface area contributed by atoms with Gasteiger partial charge in [0, 0.05) is 5.56 Å². The van der Waals surface area contributed by atoms with Gasteiger partial charge in [-0.15, -0.1) is 0 Å². The van der Waals surface area contributed by atoms with E-state index in [1.54, 1.807) is 0 Å². The maximum atomic E-state index is 12.7. The van der Waals surface area contributed by atoms with E-state index in [2.05, 4.69) is 36.3 Å². The van der Waals surface area contributed by atoms with Gasteiger partial charge in [-0.2, -0.15) is 0 Å². The lowest BCUT2D eigenvalue weighted by molar-refractivity contribution is 0.102. The minimum atomic E-state index is -0.0894. The molecule has 1 N–H and O–H groups in total. The number of fused-ring (bicyclic) bond motifs is 1. The molecule has 0 saturated heterocycles. The topological polar surface area (TPSA) is 42.0 Å². The molecule has 0 aliphatic heterocycles. The highest BCUT2D eigenvalue weighted by Gasteiger charge is 2.15. The molecule has 4 heteroatoms. The Bertz CT molecular complexity index is 902. The van der Waals surface area contributed by atoms with Crippen LogP contribution in [0.5, 0.6) is 0 Å². The van der Waals surface area contributed by atoms with E-state index in [0.29, 0.717) is 5.13 Å². The van der Waals surface area contributed by atoms with Gasteiger partial charge >= 0.3 is 0 Å².